The molecule has 0 N–H and O–H groups in total. The van der Waals surface area contributed by atoms with Gasteiger partial charge >= 0.3 is 12.4 Å². The second kappa shape index (κ2) is 17.4. The Morgan fingerprint density at radius 3 is 0.903 bits per heavy atom. The number of aromatic nitrogens is 2. The normalized spacial score (nSPS) is 12.0. The Bertz CT molecular complexity index is 3620. The lowest BCUT2D eigenvalue weighted by molar-refractivity contribution is -0.138. The summed E-state index contributed by atoms with van der Waals surface area (Å²) in [6.07, 6.45) is -9.57. The molecule has 10 aromatic carbocycles. The molecule has 0 radical (unpaired) electrons. The first kappa shape index (κ1) is 44.2. The zero-order valence-corrected chi connectivity index (χ0v) is 38.2. The Morgan fingerprint density at radius 1 is 0.264 bits per heavy atom. The number of halogens is 6. The van der Waals surface area contributed by atoms with Crippen LogP contribution in [0.1, 0.15) is 11.1 Å². The molecule has 2 aromatic heterocycles. The predicted molar refractivity (Wildman–Crippen MR) is 280 cm³/mol. The molecular weight excluding hydrogens is 915 g/mol. The minimum atomic E-state index is -4.79. The van der Waals surface area contributed by atoms with E-state index in [1.807, 2.05) is 182 Å². The van der Waals surface area contributed by atoms with Crippen molar-refractivity contribution in [2.75, 3.05) is 9.80 Å². The van der Waals surface area contributed by atoms with Gasteiger partial charge in [-0.05, 0) is 132 Å². The molecular formula is C62H40F6N4. The number of rotatable bonds is 9. The summed E-state index contributed by atoms with van der Waals surface area (Å²) < 4.78 is 95.4. The third-order valence-electron chi connectivity index (χ3n) is 13.3. The number of nitrogens with zero attached hydrogens (tertiary/aromatic N) is 4. The zero-order valence-electron chi connectivity index (χ0n) is 38.2. The molecule has 12 rings (SSSR count). The van der Waals surface area contributed by atoms with Gasteiger partial charge in [-0.25, -0.2) is 0 Å². The minimum Gasteiger partial charge on any atom is -0.310 e. The van der Waals surface area contributed by atoms with E-state index < -0.39 is 23.5 Å². The molecule has 0 spiro atoms. The van der Waals surface area contributed by atoms with Crippen molar-refractivity contribution in [1.82, 2.24) is 9.13 Å². The van der Waals surface area contributed by atoms with Gasteiger partial charge in [0.2, 0.25) is 0 Å². The maximum absolute atomic E-state index is 15.4. The standard InChI is InChI=1S/C62H40F6N4/c63-61(64,65)53-33-29-41(37-59(53)71-55-27-15-13-25-49(55)51-39-47(31-35-57(51)71)69(43-17-5-1-6-18-43)44-19-7-2-8-20-44)42-30-34-54(62(66,67)68)60(38-42)72-56-28-16-14-26-50(56)52-40-48(32-36-58(52)72)70(45-21-9-3-10-22-45)46-23-11-4-12-24-46/h1-40H. The van der Waals surface area contributed by atoms with E-state index in [1.165, 1.54) is 24.3 Å². The first-order valence-corrected chi connectivity index (χ1v) is 23.3. The fraction of sp³-hybridized carbons (Fsp3) is 0.0323. The molecule has 72 heavy (non-hydrogen) atoms. The summed E-state index contributed by atoms with van der Waals surface area (Å²) in [5.74, 6) is 0. The summed E-state index contributed by atoms with van der Waals surface area (Å²) in [7, 11) is 0. The highest BCUT2D eigenvalue weighted by Gasteiger charge is 2.37. The van der Waals surface area contributed by atoms with Crippen molar-refractivity contribution >= 4 is 77.7 Å². The number of anilines is 6. The van der Waals surface area contributed by atoms with E-state index in [9.17, 15) is 0 Å². The largest absolute Gasteiger partial charge is 0.418 e. The maximum atomic E-state index is 15.4. The molecule has 0 atom stereocenters. The van der Waals surface area contributed by atoms with Crippen LogP contribution in [0.4, 0.5) is 60.5 Å². The summed E-state index contributed by atoms with van der Waals surface area (Å²) >= 11 is 0. The lowest BCUT2D eigenvalue weighted by atomic mass is 9.99. The number of alkyl halides is 6. The molecule has 0 amide bonds. The van der Waals surface area contributed by atoms with Gasteiger partial charge in [-0.3, -0.25) is 0 Å². The molecule has 2 heterocycles. The monoisotopic (exact) mass is 954 g/mol. The van der Waals surface area contributed by atoms with Crippen molar-refractivity contribution in [3.05, 3.63) is 254 Å². The van der Waals surface area contributed by atoms with Gasteiger partial charge in [0.25, 0.3) is 0 Å². The quantitative estimate of drug-likeness (QED) is 0.134. The molecule has 12 aromatic rings. The summed E-state index contributed by atoms with van der Waals surface area (Å²) in [5, 5.41) is 2.91. The third kappa shape index (κ3) is 7.68. The van der Waals surface area contributed by atoms with Crippen LogP contribution in [0.25, 0.3) is 66.1 Å². The van der Waals surface area contributed by atoms with E-state index in [0.29, 0.717) is 33.2 Å². The summed E-state index contributed by atoms with van der Waals surface area (Å²) in [4.78, 5) is 4.19. The smallest absolute Gasteiger partial charge is 0.310 e. The van der Waals surface area contributed by atoms with Crippen molar-refractivity contribution in [2.24, 2.45) is 0 Å². The molecule has 0 aliphatic rings. The van der Waals surface area contributed by atoms with E-state index in [4.69, 9.17) is 0 Å². The Labute approximate surface area is 410 Å². The van der Waals surface area contributed by atoms with Gasteiger partial charge < -0.3 is 18.9 Å². The molecule has 0 fully saturated rings. The highest BCUT2D eigenvalue weighted by Crippen LogP contribution is 2.46. The zero-order chi connectivity index (χ0) is 49.1. The number of hydrogen-bond donors (Lipinski definition) is 0. The number of benzene rings is 10. The second-order valence-electron chi connectivity index (χ2n) is 17.6. The molecule has 4 nitrogen and oxygen atoms in total. The number of fused-ring (bicyclic) bond motifs is 6. The van der Waals surface area contributed by atoms with Gasteiger partial charge in [-0.2, -0.15) is 26.3 Å². The minimum absolute atomic E-state index is 0.158. The number of hydrogen-bond acceptors (Lipinski definition) is 2. The highest BCUT2D eigenvalue weighted by molar-refractivity contribution is 6.12. The van der Waals surface area contributed by atoms with Crippen LogP contribution in [0.15, 0.2) is 243 Å². The molecule has 0 unspecified atom stereocenters. The van der Waals surface area contributed by atoms with Gasteiger partial charge in [-0.15, -0.1) is 0 Å². The van der Waals surface area contributed by atoms with Gasteiger partial charge in [0.1, 0.15) is 0 Å². The van der Waals surface area contributed by atoms with Crippen LogP contribution in [0.3, 0.4) is 0 Å². The van der Waals surface area contributed by atoms with Crippen LogP contribution in [-0.2, 0) is 12.4 Å². The average molecular weight is 955 g/mol. The van der Waals surface area contributed by atoms with Crippen LogP contribution in [0, 0.1) is 0 Å². The molecule has 0 saturated carbocycles. The van der Waals surface area contributed by atoms with Gasteiger partial charge in [0.05, 0.1) is 44.6 Å². The summed E-state index contributed by atoms with van der Waals surface area (Å²) in [5.41, 5.74) is 5.85. The van der Waals surface area contributed by atoms with E-state index >= 15 is 26.3 Å². The van der Waals surface area contributed by atoms with Crippen molar-refractivity contribution in [1.29, 1.82) is 0 Å². The van der Waals surface area contributed by atoms with Crippen LogP contribution in [-0.4, -0.2) is 9.13 Å². The Hall–Kier alpha value is -9.02. The van der Waals surface area contributed by atoms with Crippen molar-refractivity contribution < 1.29 is 26.3 Å². The van der Waals surface area contributed by atoms with Crippen molar-refractivity contribution in [3.8, 4) is 22.5 Å². The molecule has 0 aliphatic carbocycles. The maximum Gasteiger partial charge on any atom is 0.418 e. The van der Waals surface area contributed by atoms with Gasteiger partial charge in [-0.1, -0.05) is 121 Å². The lowest BCUT2D eigenvalue weighted by Gasteiger charge is -2.25. The highest BCUT2D eigenvalue weighted by atomic mass is 19.4. The Kier molecular flexibility index (Phi) is 10.7. The molecule has 0 saturated heterocycles. The summed E-state index contributed by atoms with van der Waals surface area (Å²) in [6, 6.07) is 73.0. The molecule has 0 aliphatic heterocycles. The SMILES string of the molecule is FC(F)(F)c1ccc(-c2ccc(C(F)(F)F)c(-n3c4ccccc4c4cc(N(c5ccccc5)c5ccccc5)ccc43)c2)cc1-n1c2ccccc2c2cc(N(c3ccccc3)c3ccccc3)ccc21. The van der Waals surface area contributed by atoms with E-state index in [-0.39, 0.29) is 11.4 Å². The first-order chi connectivity index (χ1) is 35.0. The fourth-order valence-corrected chi connectivity index (χ4v) is 10.2. The van der Waals surface area contributed by atoms with Gasteiger partial charge in [0, 0.05) is 55.7 Å². The molecule has 350 valence electrons. The van der Waals surface area contributed by atoms with E-state index in [2.05, 4.69) is 9.80 Å². The van der Waals surface area contributed by atoms with E-state index in [1.54, 1.807) is 33.4 Å². The van der Waals surface area contributed by atoms with Crippen molar-refractivity contribution in [3.63, 3.8) is 0 Å². The third-order valence-corrected chi connectivity index (χ3v) is 13.3. The van der Waals surface area contributed by atoms with Crippen molar-refractivity contribution in [2.45, 2.75) is 12.4 Å². The van der Waals surface area contributed by atoms with Crippen LogP contribution in [0.2, 0.25) is 0 Å². The van der Waals surface area contributed by atoms with Gasteiger partial charge in [0.15, 0.2) is 0 Å². The number of para-hydroxylation sites is 6. The summed E-state index contributed by atoms with van der Waals surface area (Å²) in [6.45, 7) is 0. The fourth-order valence-electron chi connectivity index (χ4n) is 10.2. The van der Waals surface area contributed by atoms with Crippen LogP contribution < -0.4 is 9.80 Å². The second-order valence-corrected chi connectivity index (χ2v) is 17.6. The molecule has 10 heteroatoms. The molecule has 0 bridgehead atoms. The topological polar surface area (TPSA) is 16.3 Å². The average Bonchev–Trinajstić information content (AvgIpc) is 3.91. The lowest BCUT2D eigenvalue weighted by Crippen LogP contribution is -2.12. The predicted octanol–water partition coefficient (Wildman–Crippen LogP) is 18.5. The Morgan fingerprint density at radius 2 is 0.569 bits per heavy atom. The van der Waals surface area contributed by atoms with Crippen LogP contribution >= 0.6 is 0 Å². The first-order valence-electron chi connectivity index (χ1n) is 23.3. The van der Waals surface area contributed by atoms with E-state index in [0.717, 1.165) is 67.8 Å². The van der Waals surface area contributed by atoms with Crippen LogP contribution in [0.5, 0.6) is 0 Å². The Balaban J connectivity index is 1.04.